The van der Waals surface area contributed by atoms with Gasteiger partial charge in [-0.05, 0) is 32.0 Å². The second-order valence-electron chi connectivity index (χ2n) is 4.89. The van der Waals surface area contributed by atoms with Gasteiger partial charge in [0.05, 0.1) is 12.7 Å². The summed E-state index contributed by atoms with van der Waals surface area (Å²) in [4.78, 5) is 12.3. The molecule has 0 aliphatic heterocycles. The van der Waals surface area contributed by atoms with E-state index in [0.29, 0.717) is 17.0 Å². The van der Waals surface area contributed by atoms with Crippen molar-refractivity contribution >= 4 is 5.91 Å². The van der Waals surface area contributed by atoms with Gasteiger partial charge in [0.25, 0.3) is 5.91 Å². The van der Waals surface area contributed by atoms with Crippen LogP contribution < -0.4 is 10.1 Å². The Kier molecular flexibility index (Phi) is 4.29. The number of rotatable bonds is 4. The minimum Gasteiger partial charge on any atom is -0.497 e. The molecule has 0 aliphatic rings. The third kappa shape index (κ3) is 3.06. The van der Waals surface area contributed by atoms with Crippen molar-refractivity contribution in [3.8, 4) is 17.5 Å². The highest BCUT2D eigenvalue weighted by molar-refractivity contribution is 5.96. The summed E-state index contributed by atoms with van der Waals surface area (Å²) < 4.78 is 6.89. The fourth-order valence-electron chi connectivity index (χ4n) is 2.06. The molecule has 0 atom stereocenters. The van der Waals surface area contributed by atoms with E-state index < -0.39 is 0 Å². The van der Waals surface area contributed by atoms with Crippen LogP contribution in [0.3, 0.4) is 0 Å². The molecule has 0 radical (unpaired) electrons. The van der Waals surface area contributed by atoms with Gasteiger partial charge in [0.1, 0.15) is 17.5 Å². The second-order valence-corrected chi connectivity index (χ2v) is 4.89. The highest BCUT2D eigenvalue weighted by Gasteiger charge is 2.18. The molecule has 0 saturated carbocycles. The fraction of sp³-hybridized carbons (Fsp3) is 0.250. The minimum atomic E-state index is -0.269. The smallest absolute Gasteiger partial charge is 0.269 e. The Morgan fingerprint density at radius 3 is 2.76 bits per heavy atom. The molecule has 0 bridgehead atoms. The lowest BCUT2D eigenvalue weighted by Gasteiger charge is -2.13. The van der Waals surface area contributed by atoms with Crippen LogP contribution in [0.2, 0.25) is 0 Å². The van der Waals surface area contributed by atoms with E-state index in [1.165, 1.54) is 0 Å². The van der Waals surface area contributed by atoms with Gasteiger partial charge in [0.2, 0.25) is 0 Å². The molecule has 1 aromatic carbocycles. The van der Waals surface area contributed by atoms with Gasteiger partial charge < -0.3 is 14.6 Å². The third-order valence-electron chi connectivity index (χ3n) is 2.97. The first-order valence-electron chi connectivity index (χ1n) is 6.63. The zero-order chi connectivity index (χ0) is 15.4. The maximum Gasteiger partial charge on any atom is 0.269 e. The number of ether oxygens (including phenoxy) is 1. The highest BCUT2D eigenvalue weighted by Crippen LogP contribution is 2.21. The number of methoxy groups -OCH3 is 1. The zero-order valence-corrected chi connectivity index (χ0v) is 12.3. The van der Waals surface area contributed by atoms with Crippen molar-refractivity contribution in [3.05, 3.63) is 47.8 Å². The maximum absolute atomic E-state index is 12.3. The second kappa shape index (κ2) is 6.14. The summed E-state index contributed by atoms with van der Waals surface area (Å²) in [5.74, 6) is 0.421. The molecule has 0 fully saturated rings. The first-order valence-corrected chi connectivity index (χ1v) is 6.63. The number of hydrogen-bond donors (Lipinski definition) is 1. The van der Waals surface area contributed by atoms with Gasteiger partial charge in [0.15, 0.2) is 0 Å². The Labute approximate surface area is 123 Å². The molecule has 5 heteroatoms. The summed E-state index contributed by atoms with van der Waals surface area (Å²) >= 11 is 0. The molecular weight excluding hydrogens is 266 g/mol. The SMILES string of the molecule is COc1cccc(-n2ccc(C#N)c2C(=O)NC(C)C)c1. The van der Waals surface area contributed by atoms with Gasteiger partial charge in [-0.25, -0.2) is 0 Å². The monoisotopic (exact) mass is 283 g/mol. The zero-order valence-electron chi connectivity index (χ0n) is 12.3. The predicted octanol–water partition coefficient (Wildman–Crippen LogP) is 2.50. The number of nitrogens with one attached hydrogen (secondary N) is 1. The number of carbonyl (C=O) groups excluding carboxylic acids is 1. The number of carbonyl (C=O) groups is 1. The number of nitriles is 1. The van der Waals surface area contributed by atoms with Crippen molar-refractivity contribution in [1.29, 1.82) is 5.26 Å². The largest absolute Gasteiger partial charge is 0.497 e. The lowest BCUT2D eigenvalue weighted by Crippen LogP contribution is -2.32. The highest BCUT2D eigenvalue weighted by atomic mass is 16.5. The number of amides is 1. The molecule has 0 spiro atoms. The molecule has 0 saturated heterocycles. The molecule has 1 amide bonds. The van der Waals surface area contributed by atoms with Gasteiger partial charge in [0, 0.05) is 24.0 Å². The molecule has 2 aromatic rings. The number of aromatic nitrogens is 1. The summed E-state index contributed by atoms with van der Waals surface area (Å²) in [5.41, 5.74) is 1.44. The summed E-state index contributed by atoms with van der Waals surface area (Å²) in [6.07, 6.45) is 1.71. The van der Waals surface area contributed by atoms with E-state index in [0.717, 1.165) is 5.69 Å². The fourth-order valence-corrected chi connectivity index (χ4v) is 2.06. The van der Waals surface area contributed by atoms with Crippen LogP contribution >= 0.6 is 0 Å². The van der Waals surface area contributed by atoms with Gasteiger partial charge in [-0.2, -0.15) is 5.26 Å². The molecule has 21 heavy (non-hydrogen) atoms. The van der Waals surface area contributed by atoms with Crippen molar-refractivity contribution in [2.75, 3.05) is 7.11 Å². The molecule has 108 valence electrons. The Morgan fingerprint density at radius 1 is 1.38 bits per heavy atom. The summed E-state index contributed by atoms with van der Waals surface area (Å²) in [6, 6.07) is 11.0. The van der Waals surface area contributed by atoms with Crippen LogP contribution in [0.25, 0.3) is 5.69 Å². The van der Waals surface area contributed by atoms with Crippen molar-refractivity contribution in [2.45, 2.75) is 19.9 Å². The molecule has 5 nitrogen and oxygen atoms in total. The summed E-state index contributed by atoms with van der Waals surface area (Å²) in [7, 11) is 1.59. The Bertz CT molecular complexity index is 696. The Balaban J connectivity index is 2.52. The van der Waals surface area contributed by atoms with Crippen LogP contribution in [0.1, 0.15) is 29.9 Å². The van der Waals surface area contributed by atoms with Crippen LogP contribution in [0, 0.1) is 11.3 Å². The molecule has 2 rings (SSSR count). The maximum atomic E-state index is 12.3. The van der Waals surface area contributed by atoms with Crippen molar-refractivity contribution in [2.24, 2.45) is 0 Å². The van der Waals surface area contributed by atoms with Gasteiger partial charge in [-0.3, -0.25) is 4.79 Å². The van der Waals surface area contributed by atoms with Crippen LogP contribution in [0.5, 0.6) is 5.75 Å². The van der Waals surface area contributed by atoms with Gasteiger partial charge in [-0.15, -0.1) is 0 Å². The van der Waals surface area contributed by atoms with Gasteiger partial charge in [-0.1, -0.05) is 6.07 Å². The van der Waals surface area contributed by atoms with Gasteiger partial charge >= 0.3 is 0 Å². The van der Waals surface area contributed by atoms with E-state index in [9.17, 15) is 10.1 Å². The molecule has 0 aliphatic carbocycles. The number of hydrogen-bond acceptors (Lipinski definition) is 3. The molecule has 1 N–H and O–H groups in total. The lowest BCUT2D eigenvalue weighted by molar-refractivity contribution is 0.0936. The summed E-state index contributed by atoms with van der Waals surface area (Å²) in [5, 5.41) is 12.0. The van der Waals surface area contributed by atoms with E-state index in [-0.39, 0.29) is 11.9 Å². The minimum absolute atomic E-state index is 0.00213. The van der Waals surface area contributed by atoms with E-state index in [2.05, 4.69) is 11.4 Å². The predicted molar refractivity (Wildman–Crippen MR) is 79.6 cm³/mol. The molecular formula is C16H17N3O2. The van der Waals surface area contributed by atoms with Crippen molar-refractivity contribution in [1.82, 2.24) is 9.88 Å². The van der Waals surface area contributed by atoms with Crippen molar-refractivity contribution in [3.63, 3.8) is 0 Å². The number of nitrogens with zero attached hydrogens (tertiary/aromatic N) is 2. The first-order chi connectivity index (χ1) is 10.1. The quantitative estimate of drug-likeness (QED) is 0.937. The molecule has 0 unspecified atom stereocenters. The van der Waals surface area contributed by atoms with E-state index >= 15 is 0 Å². The average molecular weight is 283 g/mol. The molecule has 1 heterocycles. The third-order valence-corrected chi connectivity index (χ3v) is 2.97. The van der Waals surface area contributed by atoms with Crippen LogP contribution in [-0.2, 0) is 0 Å². The lowest BCUT2D eigenvalue weighted by atomic mass is 10.2. The average Bonchev–Trinajstić information content (AvgIpc) is 2.90. The Hall–Kier alpha value is -2.74. The van der Waals surface area contributed by atoms with Crippen LogP contribution in [-0.4, -0.2) is 23.6 Å². The van der Waals surface area contributed by atoms with Crippen LogP contribution in [0.4, 0.5) is 0 Å². The topological polar surface area (TPSA) is 67.0 Å². The Morgan fingerprint density at radius 2 is 2.14 bits per heavy atom. The number of benzene rings is 1. The van der Waals surface area contributed by atoms with E-state index in [4.69, 9.17) is 4.74 Å². The van der Waals surface area contributed by atoms with E-state index in [1.54, 1.807) is 23.9 Å². The van der Waals surface area contributed by atoms with Crippen LogP contribution in [0.15, 0.2) is 36.5 Å². The normalized spacial score (nSPS) is 10.2. The standard InChI is InChI=1S/C16H17N3O2/c1-11(2)18-16(20)15-12(10-17)7-8-19(15)13-5-4-6-14(9-13)21-3/h4-9,11H,1-3H3,(H,18,20). The summed E-state index contributed by atoms with van der Waals surface area (Å²) in [6.45, 7) is 3.76. The van der Waals surface area contributed by atoms with Crippen molar-refractivity contribution < 1.29 is 9.53 Å². The first kappa shape index (κ1) is 14.7. The molecule has 1 aromatic heterocycles. The van der Waals surface area contributed by atoms with E-state index in [1.807, 2.05) is 38.1 Å².